The van der Waals surface area contributed by atoms with Gasteiger partial charge in [0.2, 0.25) is 0 Å². The highest BCUT2D eigenvalue weighted by Crippen LogP contribution is 2.35. The number of hydrogen-bond acceptors (Lipinski definition) is 3. The third-order valence-corrected chi connectivity index (χ3v) is 3.98. The molecule has 4 heteroatoms. The van der Waals surface area contributed by atoms with Crippen molar-refractivity contribution in [1.29, 1.82) is 0 Å². The first-order valence-corrected chi connectivity index (χ1v) is 7.61. The highest BCUT2D eigenvalue weighted by molar-refractivity contribution is 9.10. The molecule has 112 valence electrons. The summed E-state index contributed by atoms with van der Waals surface area (Å²) in [5, 5.41) is 3.36. The van der Waals surface area contributed by atoms with E-state index in [1.807, 2.05) is 37.4 Å². The van der Waals surface area contributed by atoms with E-state index in [1.54, 1.807) is 14.2 Å². The first-order chi connectivity index (χ1) is 10.2. The third-order valence-electron chi connectivity index (χ3n) is 3.49. The summed E-state index contributed by atoms with van der Waals surface area (Å²) in [5.41, 5.74) is 2.29. The minimum Gasteiger partial charge on any atom is -0.496 e. The van der Waals surface area contributed by atoms with E-state index in [0.717, 1.165) is 28.0 Å². The van der Waals surface area contributed by atoms with Gasteiger partial charge in [-0.3, -0.25) is 0 Å². The van der Waals surface area contributed by atoms with Gasteiger partial charge in [0.15, 0.2) is 0 Å². The molecule has 1 unspecified atom stereocenters. The fourth-order valence-electron chi connectivity index (χ4n) is 2.47. The summed E-state index contributed by atoms with van der Waals surface area (Å²) in [6, 6.07) is 14.3. The molecule has 0 aromatic heterocycles. The smallest absolute Gasteiger partial charge is 0.127 e. The van der Waals surface area contributed by atoms with Crippen molar-refractivity contribution in [3.63, 3.8) is 0 Å². The molecule has 0 aliphatic heterocycles. The van der Waals surface area contributed by atoms with Crippen molar-refractivity contribution in [2.45, 2.75) is 12.5 Å². The van der Waals surface area contributed by atoms with E-state index in [4.69, 9.17) is 9.47 Å². The molecule has 0 spiro atoms. The standard InChI is InChI=1S/C17H20BrNO2/c1-19-14(11-12-6-4-7-13(18)10-12)17-15(20-2)8-5-9-16(17)21-3/h4-10,14,19H,11H2,1-3H3. The number of nitrogens with one attached hydrogen (secondary N) is 1. The molecule has 0 heterocycles. The molecule has 2 aromatic carbocycles. The van der Waals surface area contributed by atoms with E-state index >= 15 is 0 Å². The van der Waals surface area contributed by atoms with Crippen LogP contribution in [-0.4, -0.2) is 21.3 Å². The topological polar surface area (TPSA) is 30.5 Å². The maximum atomic E-state index is 5.50. The summed E-state index contributed by atoms with van der Waals surface area (Å²) in [5.74, 6) is 1.67. The van der Waals surface area contributed by atoms with Crippen molar-refractivity contribution in [1.82, 2.24) is 5.32 Å². The Kier molecular flexibility index (Phi) is 5.65. The van der Waals surface area contributed by atoms with Crippen LogP contribution in [0.4, 0.5) is 0 Å². The van der Waals surface area contributed by atoms with Gasteiger partial charge in [0.25, 0.3) is 0 Å². The second-order valence-corrected chi connectivity index (χ2v) is 5.67. The highest BCUT2D eigenvalue weighted by Gasteiger charge is 2.20. The van der Waals surface area contributed by atoms with Crippen LogP contribution in [0.1, 0.15) is 17.2 Å². The Morgan fingerprint density at radius 1 is 1.05 bits per heavy atom. The molecule has 1 N–H and O–H groups in total. The summed E-state index contributed by atoms with van der Waals surface area (Å²) in [7, 11) is 5.32. The summed E-state index contributed by atoms with van der Waals surface area (Å²) in [4.78, 5) is 0. The van der Waals surface area contributed by atoms with Gasteiger partial charge in [0.05, 0.1) is 19.8 Å². The zero-order valence-electron chi connectivity index (χ0n) is 12.5. The van der Waals surface area contributed by atoms with Crippen LogP contribution in [0, 0.1) is 0 Å². The van der Waals surface area contributed by atoms with Crippen LogP contribution in [0.25, 0.3) is 0 Å². The van der Waals surface area contributed by atoms with Crippen molar-refractivity contribution in [2.75, 3.05) is 21.3 Å². The molecule has 0 radical (unpaired) electrons. The molecule has 0 saturated carbocycles. The molecule has 2 aromatic rings. The molecule has 0 fully saturated rings. The lowest BCUT2D eigenvalue weighted by Crippen LogP contribution is -2.20. The van der Waals surface area contributed by atoms with E-state index in [2.05, 4.69) is 33.4 Å². The zero-order chi connectivity index (χ0) is 15.2. The first kappa shape index (κ1) is 15.9. The Labute approximate surface area is 134 Å². The van der Waals surface area contributed by atoms with Gasteiger partial charge in [-0.1, -0.05) is 34.1 Å². The Bertz CT molecular complexity index is 579. The largest absolute Gasteiger partial charge is 0.496 e. The van der Waals surface area contributed by atoms with Crippen LogP contribution in [-0.2, 0) is 6.42 Å². The summed E-state index contributed by atoms with van der Waals surface area (Å²) >= 11 is 3.52. The molecule has 0 bridgehead atoms. The molecule has 3 nitrogen and oxygen atoms in total. The molecular formula is C17H20BrNO2. The lowest BCUT2D eigenvalue weighted by atomic mass is 9.97. The minimum absolute atomic E-state index is 0.116. The molecule has 0 amide bonds. The van der Waals surface area contributed by atoms with Crippen LogP contribution in [0.5, 0.6) is 11.5 Å². The maximum Gasteiger partial charge on any atom is 0.127 e. The monoisotopic (exact) mass is 349 g/mol. The maximum absolute atomic E-state index is 5.50. The van der Waals surface area contributed by atoms with Gasteiger partial charge >= 0.3 is 0 Å². The predicted molar refractivity (Wildman–Crippen MR) is 89.2 cm³/mol. The molecule has 0 aliphatic rings. The molecule has 2 rings (SSSR count). The second kappa shape index (κ2) is 7.48. The van der Waals surface area contributed by atoms with Crippen molar-refractivity contribution < 1.29 is 9.47 Å². The Hall–Kier alpha value is -1.52. The van der Waals surface area contributed by atoms with Crippen LogP contribution >= 0.6 is 15.9 Å². The SMILES string of the molecule is CNC(Cc1cccc(Br)c1)c1c(OC)cccc1OC. The normalized spacial score (nSPS) is 12.0. The van der Waals surface area contributed by atoms with Gasteiger partial charge in [0.1, 0.15) is 11.5 Å². The molecular weight excluding hydrogens is 330 g/mol. The van der Waals surface area contributed by atoms with Crippen molar-refractivity contribution in [3.8, 4) is 11.5 Å². The highest BCUT2D eigenvalue weighted by atomic mass is 79.9. The summed E-state index contributed by atoms with van der Waals surface area (Å²) < 4.78 is 12.1. The van der Waals surface area contributed by atoms with Gasteiger partial charge in [-0.15, -0.1) is 0 Å². The van der Waals surface area contributed by atoms with Crippen molar-refractivity contribution >= 4 is 15.9 Å². The van der Waals surface area contributed by atoms with E-state index in [1.165, 1.54) is 5.56 Å². The number of benzene rings is 2. The van der Waals surface area contributed by atoms with Gasteiger partial charge < -0.3 is 14.8 Å². The van der Waals surface area contributed by atoms with Crippen molar-refractivity contribution in [3.05, 3.63) is 58.1 Å². The third kappa shape index (κ3) is 3.77. The van der Waals surface area contributed by atoms with Crippen LogP contribution in [0.3, 0.4) is 0 Å². The quantitative estimate of drug-likeness (QED) is 0.855. The van der Waals surface area contributed by atoms with E-state index in [9.17, 15) is 0 Å². The van der Waals surface area contributed by atoms with E-state index < -0.39 is 0 Å². The Morgan fingerprint density at radius 2 is 1.67 bits per heavy atom. The number of rotatable bonds is 6. The zero-order valence-corrected chi connectivity index (χ0v) is 14.1. The number of methoxy groups -OCH3 is 2. The Morgan fingerprint density at radius 3 is 2.19 bits per heavy atom. The van der Waals surface area contributed by atoms with E-state index in [-0.39, 0.29) is 6.04 Å². The predicted octanol–water partition coefficient (Wildman–Crippen LogP) is 3.97. The molecule has 0 saturated heterocycles. The fourth-order valence-corrected chi connectivity index (χ4v) is 2.92. The Balaban J connectivity index is 2.37. The average molecular weight is 350 g/mol. The van der Waals surface area contributed by atoms with E-state index in [0.29, 0.717) is 0 Å². The summed E-state index contributed by atoms with van der Waals surface area (Å²) in [6.45, 7) is 0. The van der Waals surface area contributed by atoms with Gasteiger partial charge in [0, 0.05) is 10.5 Å². The van der Waals surface area contributed by atoms with Gasteiger partial charge in [-0.25, -0.2) is 0 Å². The summed E-state index contributed by atoms with van der Waals surface area (Å²) in [6.07, 6.45) is 0.854. The van der Waals surface area contributed by atoms with Gasteiger partial charge in [-0.2, -0.15) is 0 Å². The lowest BCUT2D eigenvalue weighted by Gasteiger charge is -2.22. The molecule has 21 heavy (non-hydrogen) atoms. The van der Waals surface area contributed by atoms with Crippen LogP contribution in [0.2, 0.25) is 0 Å². The average Bonchev–Trinajstić information content (AvgIpc) is 2.52. The minimum atomic E-state index is 0.116. The van der Waals surface area contributed by atoms with Crippen molar-refractivity contribution in [2.24, 2.45) is 0 Å². The lowest BCUT2D eigenvalue weighted by molar-refractivity contribution is 0.373. The number of halogens is 1. The number of hydrogen-bond donors (Lipinski definition) is 1. The fraction of sp³-hybridized carbons (Fsp3) is 0.294. The van der Waals surface area contributed by atoms with Crippen LogP contribution in [0.15, 0.2) is 46.9 Å². The molecule has 1 atom stereocenters. The first-order valence-electron chi connectivity index (χ1n) is 6.82. The second-order valence-electron chi connectivity index (χ2n) is 4.75. The van der Waals surface area contributed by atoms with Crippen LogP contribution < -0.4 is 14.8 Å². The number of likely N-dealkylation sites (N-methyl/N-ethyl adjacent to an activating group) is 1. The molecule has 0 aliphatic carbocycles. The number of ether oxygens (including phenoxy) is 2. The van der Waals surface area contributed by atoms with Gasteiger partial charge in [-0.05, 0) is 43.3 Å².